The first-order valence-electron chi connectivity index (χ1n) is 7.22. The van der Waals surface area contributed by atoms with Gasteiger partial charge in [-0.3, -0.25) is 4.79 Å². The van der Waals surface area contributed by atoms with Gasteiger partial charge in [0.1, 0.15) is 6.10 Å². The van der Waals surface area contributed by atoms with Crippen molar-refractivity contribution in [2.45, 2.75) is 6.10 Å². The Morgan fingerprint density at radius 2 is 1.29 bits per heavy atom. The molecular formula is C18H20O6. The highest BCUT2D eigenvalue weighted by Crippen LogP contribution is 2.33. The Kier molecular flexibility index (Phi) is 5.65. The highest BCUT2D eigenvalue weighted by molar-refractivity contribution is 6.00. The summed E-state index contributed by atoms with van der Waals surface area (Å²) in [6.45, 7) is 0. The molecule has 0 radical (unpaired) electrons. The minimum Gasteiger partial charge on any atom is -0.493 e. The zero-order valence-corrected chi connectivity index (χ0v) is 14.0. The number of methoxy groups -OCH3 is 4. The van der Waals surface area contributed by atoms with Crippen LogP contribution in [0.5, 0.6) is 23.0 Å². The Labute approximate surface area is 140 Å². The van der Waals surface area contributed by atoms with Crippen LogP contribution in [0.1, 0.15) is 22.0 Å². The molecule has 0 aromatic heterocycles. The highest BCUT2D eigenvalue weighted by Gasteiger charge is 2.22. The van der Waals surface area contributed by atoms with Crippen molar-refractivity contribution in [2.24, 2.45) is 0 Å². The number of ketones is 1. The van der Waals surface area contributed by atoms with E-state index in [0.717, 1.165) is 0 Å². The van der Waals surface area contributed by atoms with E-state index in [4.69, 9.17) is 18.9 Å². The first kappa shape index (κ1) is 17.6. The number of ether oxygens (including phenoxy) is 4. The van der Waals surface area contributed by atoms with E-state index in [9.17, 15) is 9.90 Å². The van der Waals surface area contributed by atoms with E-state index in [1.54, 1.807) is 30.3 Å². The summed E-state index contributed by atoms with van der Waals surface area (Å²) in [7, 11) is 6.00. The molecule has 2 rings (SSSR count). The number of aliphatic hydroxyl groups is 1. The van der Waals surface area contributed by atoms with Crippen LogP contribution in [-0.2, 0) is 0 Å². The fourth-order valence-corrected chi connectivity index (χ4v) is 2.32. The Morgan fingerprint density at radius 3 is 1.83 bits per heavy atom. The SMILES string of the molecule is COc1ccc(C(=O)[C@@H](O)c2ccc(OC)c(OC)c2)cc1OC. The second-order valence-corrected chi connectivity index (χ2v) is 4.95. The van der Waals surface area contributed by atoms with E-state index in [2.05, 4.69) is 0 Å². The maximum Gasteiger partial charge on any atom is 0.195 e. The summed E-state index contributed by atoms with van der Waals surface area (Å²) in [6, 6.07) is 9.55. The van der Waals surface area contributed by atoms with Gasteiger partial charge in [0.2, 0.25) is 0 Å². The summed E-state index contributed by atoms with van der Waals surface area (Å²) in [5.74, 6) is 1.43. The molecule has 128 valence electrons. The molecule has 2 aromatic rings. The lowest BCUT2D eigenvalue weighted by Gasteiger charge is -2.14. The van der Waals surface area contributed by atoms with Crippen LogP contribution in [0.25, 0.3) is 0 Å². The van der Waals surface area contributed by atoms with E-state index < -0.39 is 11.9 Å². The van der Waals surface area contributed by atoms with Gasteiger partial charge in [-0.1, -0.05) is 6.07 Å². The van der Waals surface area contributed by atoms with Gasteiger partial charge in [0.15, 0.2) is 28.8 Å². The topological polar surface area (TPSA) is 74.2 Å². The third-order valence-electron chi connectivity index (χ3n) is 3.64. The van der Waals surface area contributed by atoms with Crippen LogP contribution >= 0.6 is 0 Å². The highest BCUT2D eigenvalue weighted by atomic mass is 16.5. The van der Waals surface area contributed by atoms with E-state index in [1.165, 1.54) is 34.5 Å². The van der Waals surface area contributed by atoms with Gasteiger partial charge in [-0.2, -0.15) is 0 Å². The standard InChI is InChI=1S/C18H20O6/c1-21-13-7-5-11(9-15(13)23-3)17(19)18(20)12-6-8-14(22-2)16(10-12)24-4/h5-10,17,19H,1-4H3/t17-/m0/s1. The molecule has 0 bridgehead atoms. The number of aliphatic hydroxyl groups excluding tert-OH is 1. The quantitative estimate of drug-likeness (QED) is 0.786. The largest absolute Gasteiger partial charge is 0.493 e. The van der Waals surface area contributed by atoms with Crippen LogP contribution in [0.4, 0.5) is 0 Å². The average Bonchev–Trinajstić information content (AvgIpc) is 2.65. The normalized spacial score (nSPS) is 11.5. The fraction of sp³-hybridized carbons (Fsp3) is 0.278. The van der Waals surface area contributed by atoms with E-state index in [1.807, 2.05) is 0 Å². The molecule has 0 aliphatic heterocycles. The van der Waals surface area contributed by atoms with Crippen molar-refractivity contribution < 1.29 is 28.8 Å². The van der Waals surface area contributed by atoms with Crippen LogP contribution < -0.4 is 18.9 Å². The second kappa shape index (κ2) is 7.70. The van der Waals surface area contributed by atoms with Crippen molar-refractivity contribution in [1.82, 2.24) is 0 Å². The van der Waals surface area contributed by atoms with Gasteiger partial charge in [-0.15, -0.1) is 0 Å². The molecule has 0 saturated heterocycles. The van der Waals surface area contributed by atoms with Crippen LogP contribution in [0, 0.1) is 0 Å². The predicted octanol–water partition coefficient (Wildman–Crippen LogP) is 2.64. The van der Waals surface area contributed by atoms with Crippen molar-refractivity contribution in [3.63, 3.8) is 0 Å². The predicted molar refractivity (Wildman–Crippen MR) is 88.4 cm³/mol. The summed E-state index contributed by atoms with van der Waals surface area (Å²) in [5.41, 5.74) is 0.724. The van der Waals surface area contributed by atoms with Gasteiger partial charge in [0.25, 0.3) is 0 Å². The van der Waals surface area contributed by atoms with E-state index in [0.29, 0.717) is 34.1 Å². The molecule has 0 aliphatic carbocycles. The molecule has 0 aliphatic rings. The number of carbonyl (C=O) groups is 1. The zero-order chi connectivity index (χ0) is 17.7. The monoisotopic (exact) mass is 332 g/mol. The lowest BCUT2D eigenvalue weighted by Crippen LogP contribution is -2.13. The second-order valence-electron chi connectivity index (χ2n) is 4.95. The van der Waals surface area contributed by atoms with Crippen molar-refractivity contribution in [1.29, 1.82) is 0 Å². The Bertz CT molecular complexity index is 725. The van der Waals surface area contributed by atoms with Gasteiger partial charge in [0, 0.05) is 5.56 Å². The molecule has 0 fully saturated rings. The number of hydrogen-bond donors (Lipinski definition) is 1. The maximum atomic E-state index is 12.5. The Balaban J connectivity index is 2.32. The molecule has 0 heterocycles. The molecule has 24 heavy (non-hydrogen) atoms. The average molecular weight is 332 g/mol. The molecule has 2 aromatic carbocycles. The van der Waals surface area contributed by atoms with Crippen molar-refractivity contribution in [2.75, 3.05) is 28.4 Å². The minimum atomic E-state index is -1.33. The molecule has 1 N–H and O–H groups in total. The summed E-state index contributed by atoms with van der Waals surface area (Å²) < 4.78 is 20.7. The molecule has 6 heteroatoms. The lowest BCUT2D eigenvalue weighted by atomic mass is 9.99. The van der Waals surface area contributed by atoms with E-state index >= 15 is 0 Å². The van der Waals surface area contributed by atoms with Gasteiger partial charge in [-0.25, -0.2) is 0 Å². The van der Waals surface area contributed by atoms with Crippen molar-refractivity contribution >= 4 is 5.78 Å². The molecule has 1 atom stereocenters. The molecule has 6 nitrogen and oxygen atoms in total. The summed E-state index contributed by atoms with van der Waals surface area (Å²) in [4.78, 5) is 12.5. The van der Waals surface area contributed by atoms with Gasteiger partial charge >= 0.3 is 0 Å². The Hall–Kier alpha value is -2.73. The van der Waals surface area contributed by atoms with E-state index in [-0.39, 0.29) is 0 Å². The van der Waals surface area contributed by atoms with Crippen LogP contribution in [0.15, 0.2) is 36.4 Å². The van der Waals surface area contributed by atoms with Crippen LogP contribution in [-0.4, -0.2) is 39.3 Å². The molecule has 0 saturated carbocycles. The van der Waals surface area contributed by atoms with Crippen molar-refractivity contribution in [3.8, 4) is 23.0 Å². The number of rotatable bonds is 7. The van der Waals surface area contributed by atoms with Gasteiger partial charge in [0.05, 0.1) is 28.4 Å². The maximum absolute atomic E-state index is 12.5. The third-order valence-corrected chi connectivity index (χ3v) is 3.64. The minimum absolute atomic E-state index is 0.315. The number of carbonyl (C=O) groups excluding carboxylic acids is 1. The first-order valence-corrected chi connectivity index (χ1v) is 7.22. The zero-order valence-electron chi connectivity index (χ0n) is 14.0. The number of Topliss-reactive ketones (excluding diaryl/α,β-unsaturated/α-hetero) is 1. The number of hydrogen-bond acceptors (Lipinski definition) is 6. The molecule has 0 amide bonds. The van der Waals surface area contributed by atoms with Gasteiger partial charge < -0.3 is 24.1 Å². The Morgan fingerprint density at radius 1 is 0.792 bits per heavy atom. The van der Waals surface area contributed by atoms with Crippen LogP contribution in [0.2, 0.25) is 0 Å². The fourth-order valence-electron chi connectivity index (χ4n) is 2.32. The summed E-state index contributed by atoms with van der Waals surface area (Å²) >= 11 is 0. The summed E-state index contributed by atoms with van der Waals surface area (Å²) in [6.07, 6.45) is -1.33. The van der Waals surface area contributed by atoms with Gasteiger partial charge in [-0.05, 0) is 35.9 Å². The molecule has 0 spiro atoms. The first-order chi connectivity index (χ1) is 11.5. The number of benzene rings is 2. The third kappa shape index (κ3) is 3.44. The molecular weight excluding hydrogens is 312 g/mol. The smallest absolute Gasteiger partial charge is 0.195 e. The molecule has 0 unspecified atom stereocenters. The van der Waals surface area contributed by atoms with Crippen LogP contribution in [0.3, 0.4) is 0 Å². The summed E-state index contributed by atoms with van der Waals surface area (Å²) in [5, 5.41) is 10.4. The van der Waals surface area contributed by atoms with Crippen molar-refractivity contribution in [3.05, 3.63) is 47.5 Å². The lowest BCUT2D eigenvalue weighted by molar-refractivity contribution is 0.0746.